The van der Waals surface area contributed by atoms with Crippen molar-refractivity contribution in [2.45, 2.75) is 12.5 Å². The van der Waals surface area contributed by atoms with Gasteiger partial charge in [-0.05, 0) is 48.5 Å². The molecule has 0 aliphatic carbocycles. The number of imidazole rings is 1. The van der Waals surface area contributed by atoms with Crippen molar-refractivity contribution in [3.63, 3.8) is 0 Å². The Morgan fingerprint density at radius 1 is 1.00 bits per heavy atom. The molecular formula is C21H22N2O4S. The van der Waals surface area contributed by atoms with Crippen molar-refractivity contribution in [3.05, 3.63) is 54.4 Å². The van der Waals surface area contributed by atoms with Gasteiger partial charge in [0.1, 0.15) is 23.4 Å². The molecule has 1 atom stereocenters. The molecule has 1 aromatic heterocycles. The fourth-order valence-electron chi connectivity index (χ4n) is 2.84. The Kier molecular flexibility index (Phi) is 6.41. The molecule has 1 heterocycles. The summed E-state index contributed by atoms with van der Waals surface area (Å²) in [6.45, 7) is -0.118. The molecule has 3 N–H and O–H groups in total. The molecule has 7 heteroatoms. The van der Waals surface area contributed by atoms with Crippen LogP contribution in [0.3, 0.4) is 0 Å². The average molecular weight is 398 g/mol. The Balaban J connectivity index is 2.07. The maximum absolute atomic E-state index is 10.5. The van der Waals surface area contributed by atoms with Gasteiger partial charge in [-0.15, -0.1) is 0 Å². The third-order valence-electron chi connectivity index (χ3n) is 4.39. The zero-order valence-corrected chi connectivity index (χ0v) is 16.5. The first-order valence-corrected chi connectivity index (χ1v) is 9.18. The highest BCUT2D eigenvalue weighted by atomic mass is 32.1. The van der Waals surface area contributed by atoms with Gasteiger partial charge in [0.05, 0.1) is 25.6 Å². The van der Waals surface area contributed by atoms with Gasteiger partial charge in [-0.3, -0.25) is 0 Å². The van der Waals surface area contributed by atoms with E-state index < -0.39 is 6.10 Å². The molecule has 3 rings (SSSR count). The molecular weight excluding hydrogens is 376 g/mol. The number of hydrogen-bond donors (Lipinski definition) is 3. The van der Waals surface area contributed by atoms with E-state index in [0.29, 0.717) is 16.4 Å². The SMILES string of the molecule is COc1ccc(-c2nc(C(O)C(=S)CCO)[nH]c2-c2ccc(OC)cc2)cc1. The van der Waals surface area contributed by atoms with Gasteiger partial charge in [0.15, 0.2) is 0 Å². The molecule has 3 aromatic rings. The van der Waals surface area contributed by atoms with Gasteiger partial charge in [0.25, 0.3) is 0 Å². The Morgan fingerprint density at radius 2 is 1.54 bits per heavy atom. The van der Waals surface area contributed by atoms with Gasteiger partial charge in [-0.2, -0.15) is 0 Å². The molecule has 0 saturated carbocycles. The summed E-state index contributed by atoms with van der Waals surface area (Å²) in [6, 6.07) is 15.1. The fourth-order valence-corrected chi connectivity index (χ4v) is 3.05. The summed E-state index contributed by atoms with van der Waals surface area (Å²) in [7, 11) is 3.23. The molecule has 28 heavy (non-hydrogen) atoms. The lowest BCUT2D eigenvalue weighted by Gasteiger charge is -2.08. The number of nitrogens with one attached hydrogen (secondary N) is 1. The van der Waals surface area contributed by atoms with Crippen molar-refractivity contribution in [2.75, 3.05) is 20.8 Å². The second kappa shape index (κ2) is 8.97. The quantitative estimate of drug-likeness (QED) is 0.503. The third kappa shape index (κ3) is 4.22. The van der Waals surface area contributed by atoms with E-state index in [4.69, 9.17) is 26.8 Å². The lowest BCUT2D eigenvalue weighted by molar-refractivity contribution is 0.233. The lowest BCUT2D eigenvalue weighted by atomic mass is 10.0. The summed E-state index contributed by atoms with van der Waals surface area (Å²) in [6.07, 6.45) is -0.835. The molecule has 0 spiro atoms. The van der Waals surface area contributed by atoms with Crippen LogP contribution in [0.4, 0.5) is 0 Å². The molecule has 0 saturated heterocycles. The Morgan fingerprint density at radius 3 is 2.04 bits per heavy atom. The topological polar surface area (TPSA) is 87.6 Å². The van der Waals surface area contributed by atoms with Crippen LogP contribution in [0.5, 0.6) is 11.5 Å². The fraction of sp³-hybridized carbons (Fsp3) is 0.238. The first-order chi connectivity index (χ1) is 13.6. The maximum atomic E-state index is 10.5. The molecule has 2 aromatic carbocycles. The lowest BCUT2D eigenvalue weighted by Crippen LogP contribution is -2.12. The molecule has 146 valence electrons. The second-order valence-electron chi connectivity index (χ2n) is 6.15. The minimum atomic E-state index is -1.06. The van der Waals surface area contributed by atoms with Crippen LogP contribution >= 0.6 is 12.2 Å². The van der Waals surface area contributed by atoms with Crippen molar-refractivity contribution < 1.29 is 19.7 Å². The Hall–Kier alpha value is -2.74. The summed E-state index contributed by atoms with van der Waals surface area (Å²) in [5.74, 6) is 1.84. The molecule has 6 nitrogen and oxygen atoms in total. The van der Waals surface area contributed by atoms with Gasteiger partial charge in [-0.25, -0.2) is 4.98 Å². The summed E-state index contributed by atoms with van der Waals surface area (Å²) >= 11 is 5.21. The number of nitrogens with zero attached hydrogens (tertiary/aromatic N) is 1. The van der Waals surface area contributed by atoms with Crippen LogP contribution < -0.4 is 9.47 Å². The van der Waals surface area contributed by atoms with E-state index in [0.717, 1.165) is 28.3 Å². The zero-order chi connectivity index (χ0) is 20.1. The summed E-state index contributed by atoms with van der Waals surface area (Å²) in [5.41, 5.74) is 3.21. The van der Waals surface area contributed by atoms with Crippen molar-refractivity contribution in [1.29, 1.82) is 0 Å². The van der Waals surface area contributed by atoms with Gasteiger partial charge >= 0.3 is 0 Å². The second-order valence-corrected chi connectivity index (χ2v) is 6.67. The van der Waals surface area contributed by atoms with Crippen molar-refractivity contribution in [2.24, 2.45) is 0 Å². The number of benzene rings is 2. The first kappa shape index (κ1) is 20.0. The average Bonchev–Trinajstić information content (AvgIpc) is 3.19. The highest BCUT2D eigenvalue weighted by Gasteiger charge is 2.21. The molecule has 0 radical (unpaired) electrons. The predicted octanol–water partition coefficient (Wildman–Crippen LogP) is 3.55. The Bertz CT molecular complexity index is 871. The van der Waals surface area contributed by atoms with E-state index in [-0.39, 0.29) is 13.0 Å². The number of aromatic nitrogens is 2. The van der Waals surface area contributed by atoms with Crippen molar-refractivity contribution >= 4 is 17.1 Å². The molecule has 0 aliphatic rings. The standard InChI is InChI=1S/C21H22N2O4S/c1-26-15-7-3-13(4-8-15)18-19(14-5-9-16(27-2)10-6-14)23-21(22-18)20(25)17(28)11-12-24/h3-10,20,24-25H,11-12H2,1-2H3,(H,22,23). The minimum Gasteiger partial charge on any atom is -0.497 e. The number of H-pyrrole nitrogens is 1. The van der Waals surface area contributed by atoms with Gasteiger partial charge in [-0.1, -0.05) is 12.2 Å². The first-order valence-electron chi connectivity index (χ1n) is 8.77. The monoisotopic (exact) mass is 398 g/mol. The number of aliphatic hydroxyl groups excluding tert-OH is 2. The van der Waals surface area contributed by atoms with Crippen LogP contribution in [0.1, 0.15) is 18.3 Å². The van der Waals surface area contributed by atoms with E-state index in [1.54, 1.807) is 14.2 Å². The number of aromatic amines is 1. The highest BCUT2D eigenvalue weighted by molar-refractivity contribution is 7.80. The van der Waals surface area contributed by atoms with E-state index in [1.165, 1.54) is 0 Å². The third-order valence-corrected chi connectivity index (χ3v) is 4.81. The number of hydrogen-bond acceptors (Lipinski definition) is 6. The molecule has 0 fully saturated rings. The van der Waals surface area contributed by atoms with Gasteiger partial charge in [0, 0.05) is 29.0 Å². The van der Waals surface area contributed by atoms with Crippen LogP contribution in [0.25, 0.3) is 22.5 Å². The summed E-state index contributed by atoms with van der Waals surface area (Å²) in [5, 5.41) is 19.6. The molecule has 0 amide bonds. The zero-order valence-electron chi connectivity index (χ0n) is 15.7. The van der Waals surface area contributed by atoms with Crippen LogP contribution in [0, 0.1) is 0 Å². The Labute approximate surface area is 168 Å². The smallest absolute Gasteiger partial charge is 0.143 e. The van der Waals surface area contributed by atoms with Crippen molar-refractivity contribution in [1.82, 2.24) is 9.97 Å². The van der Waals surface area contributed by atoms with E-state index >= 15 is 0 Å². The number of aliphatic hydroxyl groups is 2. The number of rotatable bonds is 8. The van der Waals surface area contributed by atoms with E-state index in [1.807, 2.05) is 48.5 Å². The van der Waals surface area contributed by atoms with Crippen LogP contribution in [0.2, 0.25) is 0 Å². The molecule has 0 bridgehead atoms. The van der Waals surface area contributed by atoms with Crippen molar-refractivity contribution in [3.8, 4) is 34.0 Å². The normalized spacial score (nSPS) is 11.9. The van der Waals surface area contributed by atoms with Gasteiger partial charge < -0.3 is 24.7 Å². The molecule has 0 aliphatic heterocycles. The van der Waals surface area contributed by atoms with E-state index in [2.05, 4.69) is 9.97 Å². The largest absolute Gasteiger partial charge is 0.497 e. The number of thiocarbonyl (C=S) groups is 1. The number of ether oxygens (including phenoxy) is 2. The minimum absolute atomic E-state index is 0.118. The van der Waals surface area contributed by atoms with E-state index in [9.17, 15) is 5.11 Å². The summed E-state index contributed by atoms with van der Waals surface area (Å²) < 4.78 is 10.5. The number of methoxy groups -OCH3 is 2. The summed E-state index contributed by atoms with van der Waals surface area (Å²) in [4.78, 5) is 8.14. The maximum Gasteiger partial charge on any atom is 0.143 e. The van der Waals surface area contributed by atoms with Crippen LogP contribution in [0.15, 0.2) is 48.5 Å². The highest BCUT2D eigenvalue weighted by Crippen LogP contribution is 2.33. The van der Waals surface area contributed by atoms with Gasteiger partial charge in [0.2, 0.25) is 0 Å². The van der Waals surface area contributed by atoms with Crippen LogP contribution in [-0.4, -0.2) is 45.9 Å². The predicted molar refractivity (Wildman–Crippen MR) is 112 cm³/mol. The molecule has 1 unspecified atom stereocenters. The van der Waals surface area contributed by atoms with Crippen LogP contribution in [-0.2, 0) is 0 Å².